The monoisotopic (exact) mass is 516 g/mol. The van der Waals surface area contributed by atoms with Gasteiger partial charge in [-0.15, -0.1) is 0 Å². The van der Waals surface area contributed by atoms with Crippen molar-refractivity contribution in [1.82, 2.24) is 4.98 Å². The number of amides is 1. The zero-order chi connectivity index (χ0) is 26.1. The van der Waals surface area contributed by atoms with E-state index >= 15 is 0 Å². The number of aliphatic hydroxyl groups is 1. The molecule has 1 aliphatic rings. The number of hydrogen-bond donors (Lipinski definition) is 1. The van der Waals surface area contributed by atoms with Crippen molar-refractivity contribution in [2.24, 2.45) is 0 Å². The third kappa shape index (κ3) is 4.45. The number of fused-ring (bicyclic) bond motifs is 1. The molecule has 7 nitrogen and oxygen atoms in total. The van der Waals surface area contributed by atoms with Gasteiger partial charge in [0.2, 0.25) is 0 Å². The van der Waals surface area contributed by atoms with Gasteiger partial charge in [0.15, 0.2) is 5.13 Å². The summed E-state index contributed by atoms with van der Waals surface area (Å²) in [6, 6.07) is 16.6. The van der Waals surface area contributed by atoms with Gasteiger partial charge in [-0.2, -0.15) is 0 Å². The standard InChI is InChI=1S/C28H21FN2O5S/c1-3-13-36-19-10-7-16(8-11-19)24-23(25(32)17-5-4-6-20(14-17)35-2)26(33)27(34)31(24)28-30-21-12-9-18(29)15-22(21)37-28/h3-12,14-15,24,32H,1,13H2,2H3/b25-23+. The lowest BCUT2D eigenvalue weighted by atomic mass is 9.95. The number of aliphatic hydroxyl groups excluding tert-OH is 1. The molecule has 1 N–H and O–H groups in total. The van der Waals surface area contributed by atoms with E-state index in [1.54, 1.807) is 54.6 Å². The van der Waals surface area contributed by atoms with E-state index in [9.17, 15) is 19.1 Å². The highest BCUT2D eigenvalue weighted by Crippen LogP contribution is 2.44. The van der Waals surface area contributed by atoms with Crippen LogP contribution in [0.4, 0.5) is 9.52 Å². The van der Waals surface area contributed by atoms with Gasteiger partial charge in [0.1, 0.15) is 29.7 Å². The van der Waals surface area contributed by atoms with Gasteiger partial charge in [-0.25, -0.2) is 9.37 Å². The Kier molecular flexibility index (Phi) is 6.45. The van der Waals surface area contributed by atoms with E-state index in [0.29, 0.717) is 39.4 Å². The summed E-state index contributed by atoms with van der Waals surface area (Å²) in [5, 5.41) is 11.5. The Morgan fingerprint density at radius 3 is 2.65 bits per heavy atom. The van der Waals surface area contributed by atoms with Gasteiger partial charge < -0.3 is 14.6 Å². The van der Waals surface area contributed by atoms with Crippen LogP contribution in [0.2, 0.25) is 0 Å². The fourth-order valence-corrected chi connectivity index (χ4v) is 5.18. The van der Waals surface area contributed by atoms with Crippen molar-refractivity contribution in [2.75, 3.05) is 18.6 Å². The molecule has 0 spiro atoms. The SMILES string of the molecule is C=CCOc1ccc(C2/C(=C(\O)c3cccc(OC)c3)C(=O)C(=O)N2c2nc3ccc(F)cc3s2)cc1. The molecule has 3 aromatic carbocycles. The molecule has 0 bridgehead atoms. The van der Waals surface area contributed by atoms with Gasteiger partial charge >= 0.3 is 5.91 Å². The maximum Gasteiger partial charge on any atom is 0.301 e. The van der Waals surface area contributed by atoms with Crippen LogP contribution < -0.4 is 14.4 Å². The first kappa shape index (κ1) is 24.2. The lowest BCUT2D eigenvalue weighted by Gasteiger charge is -2.23. The molecule has 5 rings (SSSR count). The second-order valence-corrected chi connectivity index (χ2v) is 9.19. The van der Waals surface area contributed by atoms with Crippen LogP contribution in [-0.2, 0) is 9.59 Å². The van der Waals surface area contributed by atoms with Crippen LogP contribution >= 0.6 is 11.3 Å². The number of carbonyl (C=O) groups excluding carboxylic acids is 2. The van der Waals surface area contributed by atoms with Crippen LogP contribution in [0, 0.1) is 5.82 Å². The Morgan fingerprint density at radius 1 is 1.14 bits per heavy atom. The minimum absolute atomic E-state index is 0.0940. The lowest BCUT2D eigenvalue weighted by molar-refractivity contribution is -0.132. The summed E-state index contributed by atoms with van der Waals surface area (Å²) < 4.78 is 25.2. The highest BCUT2D eigenvalue weighted by atomic mass is 32.1. The molecular formula is C28H21FN2O5S. The summed E-state index contributed by atoms with van der Waals surface area (Å²) in [6.45, 7) is 3.95. The van der Waals surface area contributed by atoms with Crippen molar-refractivity contribution in [1.29, 1.82) is 0 Å². The van der Waals surface area contributed by atoms with Crippen molar-refractivity contribution < 1.29 is 28.6 Å². The van der Waals surface area contributed by atoms with Crippen LogP contribution in [0.5, 0.6) is 11.5 Å². The first-order chi connectivity index (χ1) is 17.9. The number of nitrogens with zero attached hydrogens (tertiary/aromatic N) is 2. The number of methoxy groups -OCH3 is 1. The number of rotatable bonds is 7. The van der Waals surface area contributed by atoms with Crippen molar-refractivity contribution in [3.63, 3.8) is 0 Å². The number of ether oxygens (including phenoxy) is 2. The molecule has 1 aromatic heterocycles. The van der Waals surface area contributed by atoms with Crippen molar-refractivity contribution in [3.05, 3.63) is 102 Å². The predicted octanol–water partition coefficient (Wildman–Crippen LogP) is 5.64. The molecule has 0 radical (unpaired) electrons. The molecular weight excluding hydrogens is 495 g/mol. The molecule has 1 amide bonds. The summed E-state index contributed by atoms with van der Waals surface area (Å²) in [4.78, 5) is 32.5. The summed E-state index contributed by atoms with van der Waals surface area (Å²) in [5.74, 6) is -1.43. The summed E-state index contributed by atoms with van der Waals surface area (Å²) in [5.41, 5.74) is 1.27. The zero-order valence-corrected chi connectivity index (χ0v) is 20.5. The Bertz CT molecular complexity index is 1560. The second-order valence-electron chi connectivity index (χ2n) is 8.18. The first-order valence-electron chi connectivity index (χ1n) is 11.3. The molecule has 9 heteroatoms. The van der Waals surface area contributed by atoms with Crippen LogP contribution in [0.15, 0.2) is 85.0 Å². The Morgan fingerprint density at radius 2 is 1.92 bits per heavy atom. The minimum Gasteiger partial charge on any atom is -0.507 e. The van der Waals surface area contributed by atoms with Gasteiger partial charge in [0.25, 0.3) is 5.78 Å². The quantitative estimate of drug-likeness (QED) is 0.148. The number of hydrogen-bond acceptors (Lipinski definition) is 7. The number of aromatic nitrogens is 1. The number of thiazole rings is 1. The van der Waals surface area contributed by atoms with E-state index < -0.39 is 23.5 Å². The summed E-state index contributed by atoms with van der Waals surface area (Å²) >= 11 is 1.08. The smallest absolute Gasteiger partial charge is 0.301 e. The van der Waals surface area contributed by atoms with E-state index in [2.05, 4.69) is 11.6 Å². The second kappa shape index (κ2) is 9.87. The maximum atomic E-state index is 13.8. The van der Waals surface area contributed by atoms with Crippen LogP contribution in [-0.4, -0.2) is 35.5 Å². The third-order valence-electron chi connectivity index (χ3n) is 5.90. The fraction of sp³-hybridized carbons (Fsp3) is 0.107. The molecule has 4 aromatic rings. The Labute approximate surface area is 215 Å². The molecule has 186 valence electrons. The topological polar surface area (TPSA) is 89.0 Å². The minimum atomic E-state index is -0.981. The van der Waals surface area contributed by atoms with E-state index in [1.165, 1.54) is 30.2 Å². The van der Waals surface area contributed by atoms with Crippen LogP contribution in [0.1, 0.15) is 17.2 Å². The zero-order valence-electron chi connectivity index (χ0n) is 19.7. The average molecular weight is 517 g/mol. The van der Waals surface area contributed by atoms with E-state index in [0.717, 1.165) is 11.3 Å². The summed E-state index contributed by atoms with van der Waals surface area (Å²) in [7, 11) is 1.49. The molecule has 1 saturated heterocycles. The lowest BCUT2D eigenvalue weighted by Crippen LogP contribution is -2.29. The highest BCUT2D eigenvalue weighted by Gasteiger charge is 2.48. The van der Waals surface area contributed by atoms with Crippen LogP contribution in [0.3, 0.4) is 0 Å². The predicted molar refractivity (Wildman–Crippen MR) is 139 cm³/mol. The van der Waals surface area contributed by atoms with E-state index in [4.69, 9.17) is 9.47 Å². The molecule has 0 saturated carbocycles. The Hall–Kier alpha value is -4.50. The number of halogens is 1. The van der Waals surface area contributed by atoms with E-state index in [1.807, 2.05) is 0 Å². The van der Waals surface area contributed by atoms with Crippen LogP contribution in [0.25, 0.3) is 16.0 Å². The number of anilines is 1. The fourth-order valence-electron chi connectivity index (χ4n) is 4.16. The van der Waals surface area contributed by atoms with Crippen molar-refractivity contribution in [2.45, 2.75) is 6.04 Å². The first-order valence-corrected chi connectivity index (χ1v) is 12.1. The molecule has 2 heterocycles. The van der Waals surface area contributed by atoms with E-state index in [-0.39, 0.29) is 16.5 Å². The number of Topliss-reactive ketones (excluding diaryl/α,β-unsaturated/α-hetero) is 1. The van der Waals surface area contributed by atoms with Gasteiger partial charge in [-0.1, -0.05) is 48.3 Å². The summed E-state index contributed by atoms with van der Waals surface area (Å²) in [6.07, 6.45) is 1.62. The molecule has 1 aliphatic heterocycles. The molecule has 0 aliphatic carbocycles. The normalized spacial score (nSPS) is 16.8. The molecule has 1 unspecified atom stereocenters. The maximum absolute atomic E-state index is 13.8. The highest BCUT2D eigenvalue weighted by molar-refractivity contribution is 7.22. The van der Waals surface area contributed by atoms with Gasteiger partial charge in [0.05, 0.1) is 28.9 Å². The van der Waals surface area contributed by atoms with Crippen molar-refractivity contribution in [3.8, 4) is 11.5 Å². The average Bonchev–Trinajstić information content (AvgIpc) is 3.44. The van der Waals surface area contributed by atoms with Crippen molar-refractivity contribution >= 4 is 44.1 Å². The van der Waals surface area contributed by atoms with Gasteiger partial charge in [-0.05, 0) is 48.0 Å². The van der Waals surface area contributed by atoms with Gasteiger partial charge in [0, 0.05) is 5.56 Å². The molecule has 1 atom stereocenters. The van der Waals surface area contributed by atoms with Gasteiger partial charge in [-0.3, -0.25) is 14.5 Å². The molecule has 1 fully saturated rings. The number of carbonyl (C=O) groups is 2. The number of ketones is 1. The largest absolute Gasteiger partial charge is 0.507 e. The molecule has 37 heavy (non-hydrogen) atoms. The Balaban J connectivity index is 1.68. The third-order valence-corrected chi connectivity index (χ3v) is 6.91. The number of benzene rings is 3.